The zero-order valence-electron chi connectivity index (χ0n) is 16.7. The summed E-state index contributed by atoms with van der Waals surface area (Å²) in [5.74, 6) is 1.18. The van der Waals surface area contributed by atoms with Gasteiger partial charge in [0, 0.05) is 38.4 Å². The second-order valence-electron chi connectivity index (χ2n) is 7.43. The minimum atomic E-state index is -0.461. The Morgan fingerprint density at radius 2 is 1.81 bits per heavy atom. The molecule has 1 amide bonds. The van der Waals surface area contributed by atoms with Crippen LogP contribution in [0.5, 0.6) is 5.75 Å². The lowest BCUT2D eigenvalue weighted by Gasteiger charge is -2.35. The van der Waals surface area contributed by atoms with Crippen LogP contribution < -0.4 is 15.8 Å². The Balaban J connectivity index is 1.69. The Morgan fingerprint density at radius 3 is 2.37 bits per heavy atom. The standard InChI is InChI=1S/C19H31N5O3/c1-19(2,3)27-18(25)24-13-11-23(12-14-24)10-9-21-17(20)22-15-5-7-16(26-4)8-6-15/h5-8H,9-14H2,1-4H3,(H3,20,21,22). The number of rotatable bonds is 5. The molecule has 0 radical (unpaired) electrons. The second-order valence-corrected chi connectivity index (χ2v) is 7.43. The molecular weight excluding hydrogens is 346 g/mol. The maximum atomic E-state index is 12.1. The van der Waals surface area contributed by atoms with Gasteiger partial charge in [0.25, 0.3) is 0 Å². The fourth-order valence-corrected chi connectivity index (χ4v) is 2.65. The summed E-state index contributed by atoms with van der Waals surface area (Å²) >= 11 is 0. The highest BCUT2D eigenvalue weighted by atomic mass is 16.6. The number of amides is 1. The summed E-state index contributed by atoms with van der Waals surface area (Å²) in [5.41, 5.74) is 6.34. The number of guanidine groups is 1. The van der Waals surface area contributed by atoms with E-state index in [1.54, 1.807) is 12.0 Å². The van der Waals surface area contributed by atoms with Crippen LogP contribution in [0.1, 0.15) is 20.8 Å². The summed E-state index contributed by atoms with van der Waals surface area (Å²) in [5, 5.41) is 3.06. The van der Waals surface area contributed by atoms with Crippen LogP contribution >= 0.6 is 0 Å². The summed E-state index contributed by atoms with van der Waals surface area (Å²) < 4.78 is 10.5. The van der Waals surface area contributed by atoms with Crippen LogP contribution in [0.2, 0.25) is 0 Å². The van der Waals surface area contributed by atoms with Gasteiger partial charge in [-0.2, -0.15) is 0 Å². The van der Waals surface area contributed by atoms with Crippen molar-refractivity contribution in [2.45, 2.75) is 26.4 Å². The van der Waals surface area contributed by atoms with Gasteiger partial charge in [-0.15, -0.1) is 0 Å². The maximum absolute atomic E-state index is 12.1. The molecule has 0 bridgehead atoms. The molecule has 8 heteroatoms. The molecule has 1 aliphatic rings. The molecule has 27 heavy (non-hydrogen) atoms. The third-order valence-corrected chi connectivity index (χ3v) is 4.08. The second kappa shape index (κ2) is 9.45. The molecule has 1 saturated heterocycles. The first-order chi connectivity index (χ1) is 12.8. The van der Waals surface area contributed by atoms with Gasteiger partial charge in [0.05, 0.1) is 13.7 Å². The van der Waals surface area contributed by atoms with E-state index in [1.807, 2.05) is 45.0 Å². The van der Waals surface area contributed by atoms with Gasteiger partial charge in [-0.3, -0.25) is 9.89 Å². The van der Waals surface area contributed by atoms with E-state index < -0.39 is 5.60 Å². The number of benzene rings is 1. The van der Waals surface area contributed by atoms with E-state index in [1.165, 1.54) is 0 Å². The summed E-state index contributed by atoms with van der Waals surface area (Å²) in [6, 6.07) is 7.49. The van der Waals surface area contributed by atoms with E-state index in [0.717, 1.165) is 31.1 Å². The first kappa shape index (κ1) is 20.8. The highest BCUT2D eigenvalue weighted by Crippen LogP contribution is 2.14. The van der Waals surface area contributed by atoms with Crippen molar-refractivity contribution in [3.8, 4) is 5.75 Å². The lowest BCUT2D eigenvalue weighted by Crippen LogP contribution is -2.50. The smallest absolute Gasteiger partial charge is 0.410 e. The molecule has 1 aromatic carbocycles. The number of nitrogens with two attached hydrogens (primary N) is 1. The van der Waals surface area contributed by atoms with Gasteiger partial charge < -0.3 is 25.4 Å². The number of nitrogens with zero attached hydrogens (tertiary/aromatic N) is 3. The number of methoxy groups -OCH3 is 1. The first-order valence-electron chi connectivity index (χ1n) is 9.18. The summed E-state index contributed by atoms with van der Waals surface area (Å²) in [6.45, 7) is 9.97. The van der Waals surface area contributed by atoms with Crippen molar-refractivity contribution in [2.24, 2.45) is 10.7 Å². The molecule has 0 aliphatic carbocycles. The average molecular weight is 377 g/mol. The highest BCUT2D eigenvalue weighted by molar-refractivity contribution is 5.92. The number of hydrogen-bond acceptors (Lipinski definition) is 5. The third-order valence-electron chi connectivity index (χ3n) is 4.08. The summed E-state index contributed by atoms with van der Waals surface area (Å²) in [6.07, 6.45) is -0.242. The van der Waals surface area contributed by atoms with Crippen molar-refractivity contribution >= 4 is 17.7 Å². The van der Waals surface area contributed by atoms with Crippen LogP contribution in [0.4, 0.5) is 10.5 Å². The number of hydrogen-bond donors (Lipinski definition) is 2. The van der Waals surface area contributed by atoms with Crippen LogP contribution in [-0.4, -0.2) is 73.8 Å². The SMILES string of the molecule is COc1ccc(NC(N)=NCCN2CCN(C(=O)OC(C)(C)C)CC2)cc1. The topological polar surface area (TPSA) is 92.4 Å². The Kier molecular flexibility index (Phi) is 7.29. The van der Waals surface area contributed by atoms with Gasteiger partial charge in [-0.1, -0.05) is 0 Å². The molecule has 3 N–H and O–H groups in total. The monoisotopic (exact) mass is 377 g/mol. The molecule has 8 nitrogen and oxygen atoms in total. The number of ether oxygens (including phenoxy) is 2. The van der Waals surface area contributed by atoms with Crippen LogP contribution in [0.25, 0.3) is 0 Å². The zero-order valence-corrected chi connectivity index (χ0v) is 16.7. The fraction of sp³-hybridized carbons (Fsp3) is 0.579. The Bertz CT molecular complexity index is 632. The van der Waals surface area contributed by atoms with Crippen molar-refractivity contribution in [2.75, 3.05) is 51.7 Å². The predicted molar refractivity (Wildman–Crippen MR) is 107 cm³/mol. The van der Waals surface area contributed by atoms with Crippen LogP contribution in [0.15, 0.2) is 29.3 Å². The molecule has 0 aromatic heterocycles. The lowest BCUT2D eigenvalue weighted by atomic mass is 10.2. The molecule has 1 fully saturated rings. The molecule has 1 aromatic rings. The average Bonchev–Trinajstić information content (AvgIpc) is 2.61. The van der Waals surface area contributed by atoms with E-state index >= 15 is 0 Å². The van der Waals surface area contributed by atoms with Gasteiger partial charge in [0.15, 0.2) is 5.96 Å². The van der Waals surface area contributed by atoms with E-state index in [2.05, 4.69) is 15.2 Å². The van der Waals surface area contributed by atoms with Crippen LogP contribution in [-0.2, 0) is 4.74 Å². The quantitative estimate of drug-likeness (QED) is 0.602. The van der Waals surface area contributed by atoms with Crippen molar-refractivity contribution in [1.82, 2.24) is 9.80 Å². The van der Waals surface area contributed by atoms with Gasteiger partial charge in [0.2, 0.25) is 0 Å². The van der Waals surface area contributed by atoms with Crippen LogP contribution in [0, 0.1) is 0 Å². The molecule has 150 valence electrons. The van der Waals surface area contributed by atoms with E-state index in [4.69, 9.17) is 15.2 Å². The van der Waals surface area contributed by atoms with E-state index in [0.29, 0.717) is 25.6 Å². The Hall–Kier alpha value is -2.48. The molecule has 0 unspecified atom stereocenters. The van der Waals surface area contributed by atoms with Crippen molar-refractivity contribution in [1.29, 1.82) is 0 Å². The largest absolute Gasteiger partial charge is 0.497 e. The molecule has 0 spiro atoms. The molecule has 1 heterocycles. The van der Waals surface area contributed by atoms with Gasteiger partial charge >= 0.3 is 6.09 Å². The fourth-order valence-electron chi connectivity index (χ4n) is 2.65. The minimum absolute atomic E-state index is 0.242. The highest BCUT2D eigenvalue weighted by Gasteiger charge is 2.25. The molecule has 2 rings (SSSR count). The molecule has 0 atom stereocenters. The summed E-state index contributed by atoms with van der Waals surface area (Å²) in [7, 11) is 1.63. The number of carbonyl (C=O) groups excluding carboxylic acids is 1. The third kappa shape index (κ3) is 7.34. The van der Waals surface area contributed by atoms with Crippen molar-refractivity contribution < 1.29 is 14.3 Å². The van der Waals surface area contributed by atoms with Crippen molar-refractivity contribution in [3.05, 3.63) is 24.3 Å². The zero-order chi connectivity index (χ0) is 19.9. The van der Waals surface area contributed by atoms with E-state index in [-0.39, 0.29) is 6.09 Å². The predicted octanol–water partition coefficient (Wildman–Crippen LogP) is 1.97. The number of piperazine rings is 1. The van der Waals surface area contributed by atoms with E-state index in [9.17, 15) is 4.79 Å². The molecular formula is C19H31N5O3. The van der Waals surface area contributed by atoms with Gasteiger partial charge in [0.1, 0.15) is 11.4 Å². The molecule has 0 saturated carbocycles. The number of aliphatic imine (C=N–C) groups is 1. The Labute approximate surface area is 161 Å². The number of anilines is 1. The normalized spacial score (nSPS) is 16.1. The lowest BCUT2D eigenvalue weighted by molar-refractivity contribution is 0.0148. The molecule has 1 aliphatic heterocycles. The minimum Gasteiger partial charge on any atom is -0.497 e. The number of carbonyl (C=O) groups is 1. The van der Waals surface area contributed by atoms with Gasteiger partial charge in [-0.05, 0) is 45.0 Å². The van der Waals surface area contributed by atoms with Crippen molar-refractivity contribution in [3.63, 3.8) is 0 Å². The summed E-state index contributed by atoms with van der Waals surface area (Å²) in [4.78, 5) is 20.5. The number of nitrogens with one attached hydrogen (secondary N) is 1. The van der Waals surface area contributed by atoms with Gasteiger partial charge in [-0.25, -0.2) is 4.79 Å². The maximum Gasteiger partial charge on any atom is 0.410 e. The van der Waals surface area contributed by atoms with Crippen LogP contribution in [0.3, 0.4) is 0 Å². The Morgan fingerprint density at radius 1 is 1.19 bits per heavy atom. The first-order valence-corrected chi connectivity index (χ1v) is 9.18.